The summed E-state index contributed by atoms with van der Waals surface area (Å²) in [5.41, 5.74) is 9.86. The number of nitrogens with two attached hydrogens (primary N) is 1. The van der Waals surface area contributed by atoms with E-state index in [0.29, 0.717) is 46.3 Å². The summed E-state index contributed by atoms with van der Waals surface area (Å²) < 4.78 is 12.9. The van der Waals surface area contributed by atoms with Crippen molar-refractivity contribution >= 4 is 28.6 Å². The standard InChI is InChI=1S/C25H25ClN6O3/c1-14-4-3-7-29-22(14)15-5-6-18(20(26)9-15)19-8-16-10-30-25(28-2)31-23(16)32(24(19)33)11-21-34-12-17(27)13-35-21/h3-10,17,21H,11-13,27H2,1-2H3,(H,28,30,31)/t17-,21-. The van der Waals surface area contributed by atoms with Crippen molar-refractivity contribution in [3.63, 3.8) is 0 Å². The van der Waals surface area contributed by atoms with Crippen LogP contribution in [-0.4, -0.2) is 52.1 Å². The van der Waals surface area contributed by atoms with Crippen LogP contribution in [0.2, 0.25) is 5.02 Å². The van der Waals surface area contributed by atoms with Gasteiger partial charge in [-0.3, -0.25) is 14.3 Å². The van der Waals surface area contributed by atoms with Crippen molar-refractivity contribution in [3.05, 3.63) is 69.7 Å². The van der Waals surface area contributed by atoms with Crippen LogP contribution in [-0.2, 0) is 16.0 Å². The molecule has 0 spiro atoms. The van der Waals surface area contributed by atoms with E-state index in [-0.39, 0.29) is 18.1 Å². The number of hydrogen-bond donors (Lipinski definition) is 2. The van der Waals surface area contributed by atoms with E-state index >= 15 is 0 Å². The highest BCUT2D eigenvalue weighted by molar-refractivity contribution is 6.33. The first kappa shape index (κ1) is 23.4. The molecule has 0 unspecified atom stereocenters. The molecular formula is C25H25ClN6O3. The summed E-state index contributed by atoms with van der Waals surface area (Å²) in [5.74, 6) is 0.402. The van der Waals surface area contributed by atoms with Gasteiger partial charge in [-0.25, -0.2) is 4.98 Å². The monoisotopic (exact) mass is 492 g/mol. The lowest BCUT2D eigenvalue weighted by atomic mass is 10.0. The fourth-order valence-electron chi connectivity index (χ4n) is 4.12. The van der Waals surface area contributed by atoms with Crippen LogP contribution >= 0.6 is 11.6 Å². The second-order valence-corrected chi connectivity index (χ2v) is 8.82. The maximum absolute atomic E-state index is 13.8. The number of benzene rings is 1. The van der Waals surface area contributed by atoms with E-state index in [1.165, 1.54) is 0 Å². The Balaban J connectivity index is 1.62. The van der Waals surface area contributed by atoms with Gasteiger partial charge in [0.2, 0.25) is 5.95 Å². The van der Waals surface area contributed by atoms with Gasteiger partial charge in [-0.05, 0) is 30.7 Å². The second-order valence-electron chi connectivity index (χ2n) is 8.42. The number of hydrogen-bond acceptors (Lipinski definition) is 8. The van der Waals surface area contributed by atoms with Gasteiger partial charge in [0.1, 0.15) is 5.65 Å². The maximum Gasteiger partial charge on any atom is 0.260 e. The van der Waals surface area contributed by atoms with Crippen LogP contribution in [0.5, 0.6) is 0 Å². The Morgan fingerprint density at radius 1 is 1.17 bits per heavy atom. The highest BCUT2D eigenvalue weighted by Crippen LogP contribution is 2.32. The molecule has 4 heterocycles. The summed E-state index contributed by atoms with van der Waals surface area (Å²) in [6.07, 6.45) is 2.79. The van der Waals surface area contributed by atoms with Crippen molar-refractivity contribution in [2.24, 2.45) is 5.73 Å². The smallest absolute Gasteiger partial charge is 0.260 e. The summed E-state index contributed by atoms with van der Waals surface area (Å²) >= 11 is 6.72. The molecule has 0 amide bonds. The average Bonchev–Trinajstić information content (AvgIpc) is 2.87. The quantitative estimate of drug-likeness (QED) is 0.436. The number of anilines is 1. The predicted molar refractivity (Wildman–Crippen MR) is 135 cm³/mol. The molecule has 35 heavy (non-hydrogen) atoms. The Hall–Kier alpha value is -3.37. The predicted octanol–water partition coefficient (Wildman–Crippen LogP) is 3.22. The molecule has 0 radical (unpaired) electrons. The van der Waals surface area contributed by atoms with E-state index in [2.05, 4.69) is 20.3 Å². The van der Waals surface area contributed by atoms with Gasteiger partial charge in [0.25, 0.3) is 5.56 Å². The van der Waals surface area contributed by atoms with Crippen LogP contribution in [0.15, 0.2) is 53.6 Å². The Kier molecular flexibility index (Phi) is 6.48. The molecule has 1 aliphatic rings. The Bertz CT molecular complexity index is 1450. The van der Waals surface area contributed by atoms with Gasteiger partial charge in [0.15, 0.2) is 6.29 Å². The number of halogens is 1. The van der Waals surface area contributed by atoms with Gasteiger partial charge in [-0.1, -0.05) is 29.8 Å². The van der Waals surface area contributed by atoms with Crippen molar-refractivity contribution in [3.8, 4) is 22.4 Å². The van der Waals surface area contributed by atoms with Crippen LogP contribution < -0.4 is 16.6 Å². The lowest BCUT2D eigenvalue weighted by Crippen LogP contribution is -2.43. The average molecular weight is 493 g/mol. The lowest BCUT2D eigenvalue weighted by molar-refractivity contribution is -0.191. The number of aromatic nitrogens is 4. The van der Waals surface area contributed by atoms with E-state index in [0.717, 1.165) is 16.8 Å². The topological polar surface area (TPSA) is 117 Å². The highest BCUT2D eigenvalue weighted by atomic mass is 35.5. The van der Waals surface area contributed by atoms with Crippen LogP contribution in [0.1, 0.15) is 5.56 Å². The highest BCUT2D eigenvalue weighted by Gasteiger charge is 2.23. The van der Waals surface area contributed by atoms with Gasteiger partial charge >= 0.3 is 0 Å². The molecule has 3 aromatic heterocycles. The van der Waals surface area contributed by atoms with Gasteiger partial charge in [0.05, 0.1) is 31.5 Å². The molecule has 0 saturated carbocycles. The Morgan fingerprint density at radius 2 is 1.97 bits per heavy atom. The molecular weight excluding hydrogens is 468 g/mol. The van der Waals surface area contributed by atoms with E-state index in [1.54, 1.807) is 30.1 Å². The SMILES string of the molecule is CNc1ncc2cc(-c3ccc(-c4ncccc4C)cc3Cl)c(=O)n(C[C@H]3OC[C@H](N)CO3)c2n1. The lowest BCUT2D eigenvalue weighted by Gasteiger charge is -2.28. The number of nitrogens with zero attached hydrogens (tertiary/aromatic N) is 4. The van der Waals surface area contributed by atoms with Crippen molar-refractivity contribution in [2.75, 3.05) is 25.6 Å². The molecule has 1 saturated heterocycles. The number of pyridine rings is 2. The molecule has 5 rings (SSSR count). The number of aryl methyl sites for hydroxylation is 1. The Labute approximate surface area is 206 Å². The molecule has 3 N–H and O–H groups in total. The summed E-state index contributed by atoms with van der Waals surface area (Å²) in [7, 11) is 1.72. The molecule has 1 fully saturated rings. The minimum atomic E-state index is -0.621. The first-order valence-corrected chi connectivity index (χ1v) is 11.6. The van der Waals surface area contributed by atoms with Crippen molar-refractivity contribution in [2.45, 2.75) is 25.8 Å². The maximum atomic E-state index is 13.8. The number of ether oxygens (including phenoxy) is 2. The zero-order valence-corrected chi connectivity index (χ0v) is 20.1. The molecule has 0 atom stereocenters. The van der Waals surface area contributed by atoms with E-state index < -0.39 is 6.29 Å². The fraction of sp³-hybridized carbons (Fsp3) is 0.280. The van der Waals surface area contributed by atoms with Gasteiger partial charge in [0, 0.05) is 46.5 Å². The third kappa shape index (κ3) is 4.63. The molecule has 4 aromatic rings. The Morgan fingerprint density at radius 3 is 2.69 bits per heavy atom. The number of rotatable bonds is 5. The molecule has 0 aliphatic carbocycles. The van der Waals surface area contributed by atoms with E-state index in [4.69, 9.17) is 26.8 Å². The van der Waals surface area contributed by atoms with Crippen LogP contribution in [0.25, 0.3) is 33.4 Å². The van der Waals surface area contributed by atoms with Crippen molar-refractivity contribution < 1.29 is 9.47 Å². The van der Waals surface area contributed by atoms with Crippen LogP contribution in [0.4, 0.5) is 5.95 Å². The minimum absolute atomic E-state index is 0.152. The first-order chi connectivity index (χ1) is 16.9. The molecule has 1 aliphatic heterocycles. The van der Waals surface area contributed by atoms with E-state index in [1.807, 2.05) is 37.3 Å². The minimum Gasteiger partial charge on any atom is -0.357 e. The molecule has 180 valence electrons. The fourth-order valence-corrected chi connectivity index (χ4v) is 4.41. The molecule has 9 nitrogen and oxygen atoms in total. The zero-order chi connectivity index (χ0) is 24.5. The third-order valence-corrected chi connectivity index (χ3v) is 6.23. The number of nitrogens with one attached hydrogen (secondary N) is 1. The normalized spacial score (nSPS) is 18.1. The first-order valence-electron chi connectivity index (χ1n) is 11.2. The molecule has 1 aromatic carbocycles. The van der Waals surface area contributed by atoms with Crippen molar-refractivity contribution in [1.82, 2.24) is 19.5 Å². The summed E-state index contributed by atoms with van der Waals surface area (Å²) in [6.45, 7) is 2.86. The van der Waals surface area contributed by atoms with Crippen LogP contribution in [0.3, 0.4) is 0 Å². The summed E-state index contributed by atoms with van der Waals surface area (Å²) in [5, 5.41) is 4.04. The number of fused-ring (bicyclic) bond motifs is 1. The van der Waals surface area contributed by atoms with Gasteiger partial charge in [-0.15, -0.1) is 0 Å². The summed E-state index contributed by atoms with van der Waals surface area (Å²) in [4.78, 5) is 27.1. The van der Waals surface area contributed by atoms with Gasteiger partial charge < -0.3 is 20.5 Å². The molecule has 0 bridgehead atoms. The van der Waals surface area contributed by atoms with Crippen LogP contribution in [0, 0.1) is 6.92 Å². The van der Waals surface area contributed by atoms with Crippen molar-refractivity contribution in [1.29, 1.82) is 0 Å². The zero-order valence-electron chi connectivity index (χ0n) is 19.4. The largest absolute Gasteiger partial charge is 0.357 e. The molecule has 10 heteroatoms. The van der Waals surface area contributed by atoms with Gasteiger partial charge in [-0.2, -0.15) is 4.98 Å². The summed E-state index contributed by atoms with van der Waals surface area (Å²) in [6, 6.07) is 11.0. The second kappa shape index (κ2) is 9.71. The van der Waals surface area contributed by atoms with E-state index in [9.17, 15) is 4.79 Å². The third-order valence-electron chi connectivity index (χ3n) is 5.92.